The number of carbonyl (C=O) groups excluding carboxylic acids is 1. The molecule has 3 aromatic rings. The van der Waals surface area contributed by atoms with Crippen LogP contribution in [0.25, 0.3) is 11.0 Å². The van der Waals surface area contributed by atoms with Gasteiger partial charge in [-0.25, -0.2) is 17.1 Å². The SMILES string of the molecule is CC(=O)c1c(C)c2cnc(Nc3cc[c-]cn3)nc2n(C2CCCC2)c1=O.[CH2-]CNC[CH2-].[Li+]. The third-order valence-corrected chi connectivity index (χ3v) is 5.46. The van der Waals surface area contributed by atoms with Gasteiger partial charge in [0.05, 0.1) is 5.56 Å². The molecule has 170 valence electrons. The number of hydrogen-bond donors (Lipinski definition) is 2. The number of Topliss-reactive ketones (excluding diaryl/α,β-unsaturated/α-hetero) is 1. The van der Waals surface area contributed by atoms with Gasteiger partial charge in [0, 0.05) is 23.4 Å². The summed E-state index contributed by atoms with van der Waals surface area (Å²) in [4.78, 5) is 38.4. The van der Waals surface area contributed by atoms with Gasteiger partial charge in [0.1, 0.15) is 5.65 Å². The molecule has 0 spiro atoms. The zero-order valence-corrected chi connectivity index (χ0v) is 19.6. The molecule has 0 saturated heterocycles. The fraction of sp³-hybridized carbons (Fsp3) is 0.375. The molecule has 2 N–H and O–H groups in total. The second-order valence-corrected chi connectivity index (χ2v) is 7.62. The van der Waals surface area contributed by atoms with Crippen LogP contribution in [-0.4, -0.2) is 38.4 Å². The van der Waals surface area contributed by atoms with Crippen molar-refractivity contribution in [1.29, 1.82) is 0 Å². The molecule has 0 bridgehead atoms. The Morgan fingerprint density at radius 2 is 1.94 bits per heavy atom. The van der Waals surface area contributed by atoms with Crippen molar-refractivity contribution in [1.82, 2.24) is 24.8 Å². The maximum absolute atomic E-state index is 13.1. The Morgan fingerprint density at radius 3 is 2.48 bits per heavy atom. The van der Waals surface area contributed by atoms with Crippen LogP contribution in [0.3, 0.4) is 0 Å². The third-order valence-electron chi connectivity index (χ3n) is 5.46. The molecule has 1 fully saturated rings. The smallest absolute Gasteiger partial charge is 0.376 e. The van der Waals surface area contributed by atoms with Crippen LogP contribution in [0.5, 0.6) is 0 Å². The molecule has 0 radical (unpaired) electrons. The second kappa shape index (κ2) is 12.6. The Morgan fingerprint density at radius 1 is 1.24 bits per heavy atom. The van der Waals surface area contributed by atoms with E-state index in [-0.39, 0.29) is 41.8 Å². The van der Waals surface area contributed by atoms with Gasteiger partial charge in [0.25, 0.3) is 5.56 Å². The van der Waals surface area contributed by atoms with Gasteiger partial charge in [0.15, 0.2) is 5.78 Å². The minimum atomic E-state index is -0.253. The quantitative estimate of drug-likeness (QED) is 0.329. The summed E-state index contributed by atoms with van der Waals surface area (Å²) in [7, 11) is 0. The Kier molecular flexibility index (Phi) is 10.2. The second-order valence-electron chi connectivity index (χ2n) is 7.62. The van der Waals surface area contributed by atoms with Gasteiger partial charge in [-0.2, -0.15) is 11.1 Å². The first kappa shape index (κ1) is 26.7. The number of aromatic nitrogens is 4. The molecule has 0 amide bonds. The summed E-state index contributed by atoms with van der Waals surface area (Å²) in [6, 6.07) is 6.43. The minimum absolute atomic E-state index is 0. The van der Waals surface area contributed by atoms with Gasteiger partial charge in [-0.15, -0.1) is 13.1 Å². The zero-order valence-electron chi connectivity index (χ0n) is 19.6. The van der Waals surface area contributed by atoms with Crippen molar-refractivity contribution < 1.29 is 23.7 Å². The largest absolute Gasteiger partial charge is 1.00 e. The summed E-state index contributed by atoms with van der Waals surface area (Å²) < 4.78 is 1.70. The Balaban J connectivity index is 0.000000583. The van der Waals surface area contributed by atoms with Crippen LogP contribution < -0.4 is 35.1 Å². The van der Waals surface area contributed by atoms with Crippen LogP contribution in [0.1, 0.15) is 54.6 Å². The topological polar surface area (TPSA) is 102 Å². The molecule has 3 heterocycles. The Labute approximate surface area is 206 Å². The summed E-state index contributed by atoms with van der Waals surface area (Å²) in [6.45, 7) is 11.8. The van der Waals surface area contributed by atoms with Crippen molar-refractivity contribution in [2.45, 2.75) is 45.6 Å². The molecular formula is C24H29LiN6O2-2. The normalized spacial score (nSPS) is 13.2. The number of rotatable bonds is 6. The van der Waals surface area contributed by atoms with Crippen LogP contribution in [0.4, 0.5) is 11.8 Å². The third kappa shape index (κ3) is 6.29. The molecule has 0 unspecified atom stereocenters. The molecule has 9 heteroatoms. The van der Waals surface area contributed by atoms with E-state index < -0.39 is 0 Å². The van der Waals surface area contributed by atoms with Crippen molar-refractivity contribution in [3.8, 4) is 0 Å². The number of nitrogens with one attached hydrogen (secondary N) is 2. The van der Waals surface area contributed by atoms with E-state index in [2.05, 4.69) is 45.5 Å². The van der Waals surface area contributed by atoms with Crippen LogP contribution in [0.15, 0.2) is 29.3 Å². The van der Waals surface area contributed by atoms with Gasteiger partial charge < -0.3 is 24.5 Å². The number of fused-ring (bicyclic) bond motifs is 1. The Bertz CT molecular complexity index is 1130. The predicted molar refractivity (Wildman–Crippen MR) is 126 cm³/mol. The number of ketones is 1. The molecule has 1 aliphatic rings. The van der Waals surface area contributed by atoms with Gasteiger partial charge in [0.2, 0.25) is 5.95 Å². The van der Waals surface area contributed by atoms with Crippen LogP contribution >= 0.6 is 0 Å². The molecule has 0 aliphatic heterocycles. The van der Waals surface area contributed by atoms with Crippen LogP contribution in [0, 0.1) is 26.8 Å². The van der Waals surface area contributed by atoms with Crippen LogP contribution in [-0.2, 0) is 0 Å². The van der Waals surface area contributed by atoms with Crippen molar-refractivity contribution in [2.75, 3.05) is 18.4 Å². The Hall–Kier alpha value is -2.53. The van der Waals surface area contributed by atoms with Crippen molar-refractivity contribution >= 4 is 28.6 Å². The van der Waals surface area contributed by atoms with Gasteiger partial charge in [-0.1, -0.05) is 19.0 Å². The van der Waals surface area contributed by atoms with Crippen molar-refractivity contribution in [3.05, 3.63) is 65.9 Å². The molecule has 0 aromatic carbocycles. The van der Waals surface area contributed by atoms with E-state index in [0.717, 1.165) is 44.2 Å². The van der Waals surface area contributed by atoms with E-state index in [1.54, 1.807) is 36.0 Å². The molecule has 8 nitrogen and oxygen atoms in total. The number of hydrogen-bond acceptors (Lipinski definition) is 7. The molecular weight excluding hydrogens is 411 g/mol. The first-order chi connectivity index (χ1) is 15.5. The van der Waals surface area contributed by atoms with E-state index in [0.29, 0.717) is 23.0 Å². The number of carbonyl (C=O) groups is 1. The van der Waals surface area contributed by atoms with Gasteiger partial charge in [-0.05, 0) is 32.3 Å². The first-order valence-electron chi connectivity index (χ1n) is 10.8. The monoisotopic (exact) mass is 440 g/mol. The molecule has 33 heavy (non-hydrogen) atoms. The summed E-state index contributed by atoms with van der Waals surface area (Å²) in [5.41, 5.74) is 1.18. The molecule has 1 aliphatic carbocycles. The van der Waals surface area contributed by atoms with E-state index in [1.807, 2.05) is 0 Å². The number of anilines is 2. The summed E-state index contributed by atoms with van der Waals surface area (Å²) in [5.74, 6) is 0.736. The zero-order chi connectivity index (χ0) is 23.1. The summed E-state index contributed by atoms with van der Waals surface area (Å²) in [6.07, 6.45) is 7.20. The first-order valence-corrected chi connectivity index (χ1v) is 10.8. The summed E-state index contributed by atoms with van der Waals surface area (Å²) >= 11 is 0. The van der Waals surface area contributed by atoms with Crippen LogP contribution in [0.2, 0.25) is 0 Å². The van der Waals surface area contributed by atoms with Gasteiger partial charge >= 0.3 is 18.9 Å². The standard InChI is InChI=1S/C20H20N5O2.C4H9N.Li/c1-12-15-11-22-20(23-16-9-5-6-10-21-16)24-18(15)25(14-7-3-4-8-14)19(27)17(12)13(2)26;1-3-5-4-2;/h5,9-11,14H,3-4,7-8H2,1-2H3,(H,21,22,23,24);5H,1-4H2;/q-1;-2;+1. The van der Waals surface area contributed by atoms with E-state index in [9.17, 15) is 9.59 Å². The van der Waals surface area contributed by atoms with E-state index >= 15 is 0 Å². The maximum Gasteiger partial charge on any atom is 1.00 e. The number of pyridine rings is 2. The minimum Gasteiger partial charge on any atom is -0.376 e. The molecule has 1 saturated carbocycles. The molecule has 3 aromatic heterocycles. The maximum atomic E-state index is 13.1. The average molecular weight is 440 g/mol. The predicted octanol–water partition coefficient (Wildman–Crippen LogP) is 0.605. The fourth-order valence-corrected chi connectivity index (χ4v) is 3.94. The molecule has 4 rings (SSSR count). The summed E-state index contributed by atoms with van der Waals surface area (Å²) in [5, 5.41) is 6.67. The van der Waals surface area contributed by atoms with E-state index in [4.69, 9.17) is 0 Å². The van der Waals surface area contributed by atoms with Crippen molar-refractivity contribution in [2.24, 2.45) is 0 Å². The number of aryl methyl sites for hydroxylation is 1. The fourth-order valence-electron chi connectivity index (χ4n) is 3.94. The van der Waals surface area contributed by atoms with Gasteiger partial charge in [-0.3, -0.25) is 19.1 Å². The van der Waals surface area contributed by atoms with Crippen molar-refractivity contribution in [3.63, 3.8) is 0 Å². The number of nitrogens with zero attached hydrogens (tertiary/aromatic N) is 4. The van der Waals surface area contributed by atoms with E-state index in [1.165, 1.54) is 6.92 Å². The molecule has 0 atom stereocenters. The average Bonchev–Trinajstić information content (AvgIpc) is 3.30.